The van der Waals surface area contributed by atoms with E-state index >= 15 is 4.39 Å². The van der Waals surface area contributed by atoms with Crippen LogP contribution in [-0.4, -0.2) is 37.6 Å². The molecule has 0 radical (unpaired) electrons. The van der Waals surface area contributed by atoms with Crippen LogP contribution in [0.15, 0.2) is 12.1 Å². The van der Waals surface area contributed by atoms with E-state index in [1.165, 1.54) is 12.1 Å². The molecule has 0 saturated carbocycles. The molecule has 144 valence electrons. The Bertz CT molecular complexity index is 818. The first-order valence-corrected chi connectivity index (χ1v) is 10.4. The highest BCUT2D eigenvalue weighted by Crippen LogP contribution is 2.39. The third-order valence-electron chi connectivity index (χ3n) is 5.49. The highest BCUT2D eigenvalue weighted by Gasteiger charge is 2.53. The van der Waals surface area contributed by atoms with E-state index in [9.17, 15) is 8.42 Å². The van der Waals surface area contributed by atoms with Crippen LogP contribution in [0.25, 0.3) is 0 Å². The fourth-order valence-corrected chi connectivity index (χ4v) is 4.56. The molecule has 2 saturated heterocycles. The summed E-state index contributed by atoms with van der Waals surface area (Å²) in [4.78, 5) is 0. The number of rotatable bonds is 3. The van der Waals surface area contributed by atoms with Crippen molar-refractivity contribution >= 4 is 34.4 Å². The summed E-state index contributed by atoms with van der Waals surface area (Å²) >= 11 is 6.21. The van der Waals surface area contributed by atoms with Gasteiger partial charge in [0.15, 0.2) is 0 Å². The zero-order valence-corrected chi connectivity index (χ0v) is 16.8. The second-order valence-corrected chi connectivity index (χ2v) is 9.74. The molecule has 0 aliphatic carbocycles. The summed E-state index contributed by atoms with van der Waals surface area (Å²) in [6.07, 6.45) is 1.06. The zero-order chi connectivity index (χ0) is 19.5. The van der Waals surface area contributed by atoms with Crippen molar-refractivity contribution in [3.05, 3.63) is 28.5 Å². The van der Waals surface area contributed by atoms with Crippen molar-refractivity contribution < 1.29 is 22.1 Å². The number of hydrogen-bond acceptors (Lipinski definition) is 4. The van der Waals surface area contributed by atoms with Crippen LogP contribution >= 0.6 is 11.6 Å². The molecule has 0 aromatic heterocycles. The van der Waals surface area contributed by atoms with Crippen molar-refractivity contribution in [2.75, 3.05) is 6.54 Å². The van der Waals surface area contributed by atoms with Crippen LogP contribution in [0, 0.1) is 5.82 Å². The van der Waals surface area contributed by atoms with E-state index in [1.807, 2.05) is 27.7 Å². The topological polar surface area (TPSA) is 81.9 Å². The maximum Gasteiger partial charge on any atom is 0.497 e. The van der Waals surface area contributed by atoms with Gasteiger partial charge in [-0.2, -0.15) is 12.7 Å². The molecular weight excluding hydrogens is 382 g/mol. The number of nitrogens with zero attached hydrogens (tertiary/aromatic N) is 1. The molecule has 26 heavy (non-hydrogen) atoms. The van der Waals surface area contributed by atoms with Crippen molar-refractivity contribution in [1.29, 1.82) is 0 Å². The van der Waals surface area contributed by atoms with Crippen LogP contribution in [0.5, 0.6) is 0 Å². The molecule has 2 heterocycles. The van der Waals surface area contributed by atoms with Gasteiger partial charge in [-0.25, -0.2) is 9.53 Å². The molecule has 10 heteroatoms. The standard InChI is InChI=1S/C16H23BClFN2O4S/c1-15(2)16(3,4)25-17(24-15)12-9-10(18)8-11(14(12)19)13-6-5-7-21(13)26(20,22)23/h8-9,13H,5-7H2,1-4H3,(H2,20,22,23). The van der Waals surface area contributed by atoms with Crippen LogP contribution in [0.3, 0.4) is 0 Å². The molecule has 1 unspecified atom stereocenters. The first-order chi connectivity index (χ1) is 11.8. The number of halogens is 2. The third-order valence-corrected chi connectivity index (χ3v) is 6.80. The minimum atomic E-state index is -3.94. The number of hydrogen-bond donors (Lipinski definition) is 1. The van der Waals surface area contributed by atoms with E-state index in [-0.39, 0.29) is 22.6 Å². The predicted octanol–water partition coefficient (Wildman–Crippen LogP) is 2.12. The molecule has 2 fully saturated rings. The summed E-state index contributed by atoms with van der Waals surface area (Å²) < 4.78 is 51.9. The van der Waals surface area contributed by atoms with Gasteiger partial charge in [-0.15, -0.1) is 0 Å². The van der Waals surface area contributed by atoms with Gasteiger partial charge in [-0.1, -0.05) is 11.6 Å². The van der Waals surface area contributed by atoms with Gasteiger partial charge >= 0.3 is 7.12 Å². The fraction of sp³-hybridized carbons (Fsp3) is 0.625. The van der Waals surface area contributed by atoms with Crippen molar-refractivity contribution in [2.24, 2.45) is 5.14 Å². The highest BCUT2D eigenvalue weighted by atomic mass is 35.5. The summed E-state index contributed by atoms with van der Waals surface area (Å²) in [5, 5.41) is 5.57. The van der Waals surface area contributed by atoms with Crippen LogP contribution in [0.1, 0.15) is 52.1 Å². The van der Waals surface area contributed by atoms with E-state index in [1.54, 1.807) is 0 Å². The Hall–Kier alpha value is -0.705. The lowest BCUT2D eigenvalue weighted by Gasteiger charge is -2.32. The van der Waals surface area contributed by atoms with Gasteiger partial charge < -0.3 is 9.31 Å². The lowest BCUT2D eigenvalue weighted by atomic mass is 9.77. The Morgan fingerprint density at radius 1 is 1.27 bits per heavy atom. The minimum Gasteiger partial charge on any atom is -0.399 e. The van der Waals surface area contributed by atoms with Crippen LogP contribution < -0.4 is 10.6 Å². The average molecular weight is 405 g/mol. The van der Waals surface area contributed by atoms with Gasteiger partial charge in [0.25, 0.3) is 10.2 Å². The Morgan fingerprint density at radius 2 is 1.85 bits per heavy atom. The second kappa shape index (κ2) is 6.43. The summed E-state index contributed by atoms with van der Waals surface area (Å²) in [6, 6.07) is 2.21. The molecule has 2 N–H and O–H groups in total. The van der Waals surface area contributed by atoms with Gasteiger partial charge in [0.05, 0.1) is 17.2 Å². The smallest absolute Gasteiger partial charge is 0.399 e. The normalized spacial score (nSPS) is 25.8. The number of nitrogens with two attached hydrogens (primary N) is 1. The predicted molar refractivity (Wildman–Crippen MR) is 98.9 cm³/mol. The SMILES string of the molecule is CC1(C)OB(c2cc(Cl)cc(C3CCCN3S(N)(=O)=O)c2F)OC1(C)C. The Labute approximate surface area is 159 Å². The lowest BCUT2D eigenvalue weighted by Crippen LogP contribution is -2.41. The first-order valence-electron chi connectivity index (χ1n) is 8.47. The van der Waals surface area contributed by atoms with Crippen molar-refractivity contribution in [1.82, 2.24) is 4.31 Å². The van der Waals surface area contributed by atoms with Crippen LogP contribution in [-0.2, 0) is 19.5 Å². The number of benzene rings is 1. The third kappa shape index (κ3) is 3.41. The van der Waals surface area contributed by atoms with Gasteiger partial charge in [-0.05, 0) is 52.7 Å². The van der Waals surface area contributed by atoms with Crippen LogP contribution in [0.2, 0.25) is 5.02 Å². The Kier molecular flexibility index (Phi) is 4.95. The molecule has 6 nitrogen and oxygen atoms in total. The molecule has 2 aliphatic heterocycles. The Morgan fingerprint density at radius 3 is 2.38 bits per heavy atom. The Balaban J connectivity index is 2.03. The summed E-state index contributed by atoms with van der Waals surface area (Å²) in [5.74, 6) is -0.576. The van der Waals surface area contributed by atoms with Gasteiger partial charge in [-0.3, -0.25) is 0 Å². The fourth-order valence-electron chi connectivity index (χ4n) is 3.37. The second-order valence-electron chi connectivity index (χ2n) is 7.80. The van der Waals surface area contributed by atoms with E-state index in [0.717, 1.165) is 4.31 Å². The van der Waals surface area contributed by atoms with Crippen molar-refractivity contribution in [3.8, 4) is 0 Å². The largest absolute Gasteiger partial charge is 0.497 e. The van der Waals surface area contributed by atoms with Gasteiger partial charge in [0.2, 0.25) is 0 Å². The molecule has 1 aromatic carbocycles. The van der Waals surface area contributed by atoms with E-state index in [2.05, 4.69) is 0 Å². The molecule has 0 amide bonds. The molecule has 1 atom stereocenters. The van der Waals surface area contributed by atoms with Gasteiger partial charge in [0, 0.05) is 22.6 Å². The quantitative estimate of drug-likeness (QED) is 0.782. The summed E-state index contributed by atoms with van der Waals surface area (Å²) in [7, 11) is -4.87. The van der Waals surface area contributed by atoms with E-state index in [4.69, 9.17) is 26.0 Å². The average Bonchev–Trinajstić information content (AvgIpc) is 3.04. The summed E-state index contributed by atoms with van der Waals surface area (Å²) in [6.45, 7) is 7.74. The lowest BCUT2D eigenvalue weighted by molar-refractivity contribution is 0.00578. The summed E-state index contributed by atoms with van der Waals surface area (Å²) in [5.41, 5.74) is -0.916. The molecular formula is C16H23BClFN2O4S. The maximum absolute atomic E-state index is 15.3. The first kappa shape index (κ1) is 20.0. The van der Waals surface area contributed by atoms with Crippen molar-refractivity contribution in [3.63, 3.8) is 0 Å². The minimum absolute atomic E-state index is 0.160. The monoisotopic (exact) mass is 404 g/mol. The molecule has 0 spiro atoms. The highest BCUT2D eigenvalue weighted by molar-refractivity contribution is 7.86. The zero-order valence-electron chi connectivity index (χ0n) is 15.3. The van der Waals surface area contributed by atoms with Gasteiger partial charge in [0.1, 0.15) is 5.82 Å². The molecule has 2 aliphatic rings. The molecule has 0 bridgehead atoms. The molecule has 3 rings (SSSR count). The van der Waals surface area contributed by atoms with E-state index in [0.29, 0.717) is 12.8 Å². The van der Waals surface area contributed by atoms with E-state index < -0.39 is 40.4 Å². The maximum atomic E-state index is 15.3. The van der Waals surface area contributed by atoms with Crippen molar-refractivity contribution in [2.45, 2.75) is 57.8 Å². The van der Waals surface area contributed by atoms with Crippen LogP contribution in [0.4, 0.5) is 4.39 Å². The molecule has 1 aromatic rings.